The van der Waals surface area contributed by atoms with Crippen LogP contribution in [-0.2, 0) is 4.79 Å². The molecule has 4 nitrogen and oxygen atoms in total. The molecule has 1 aliphatic rings. The number of piperidine rings is 1. The van der Waals surface area contributed by atoms with E-state index in [0.29, 0.717) is 5.92 Å². The number of amides is 1. The largest absolute Gasteiger partial charge is 0.350 e. The van der Waals surface area contributed by atoms with Gasteiger partial charge in [-0.25, -0.2) is 0 Å². The van der Waals surface area contributed by atoms with E-state index in [2.05, 4.69) is 17.1 Å². The van der Waals surface area contributed by atoms with Gasteiger partial charge in [0.25, 0.3) is 0 Å². The quantitative estimate of drug-likeness (QED) is 0.833. The maximum Gasteiger partial charge on any atom is 0.237 e. The lowest BCUT2D eigenvalue weighted by Crippen LogP contribution is -2.53. The van der Waals surface area contributed by atoms with Gasteiger partial charge in [0.15, 0.2) is 0 Å². The van der Waals surface area contributed by atoms with E-state index in [1.54, 1.807) is 0 Å². The maximum atomic E-state index is 12.1. The van der Waals surface area contributed by atoms with Gasteiger partial charge in [-0.3, -0.25) is 9.69 Å². The third-order valence-electron chi connectivity index (χ3n) is 3.74. The predicted octanol–water partition coefficient (Wildman–Crippen LogP) is 1.77. The van der Waals surface area contributed by atoms with E-state index in [9.17, 15) is 4.79 Å². The molecule has 1 rings (SSSR count). The zero-order chi connectivity index (χ0) is 13.9. The Bertz CT molecular complexity index is 281. The van der Waals surface area contributed by atoms with Crippen molar-refractivity contribution in [1.82, 2.24) is 10.2 Å². The van der Waals surface area contributed by atoms with Gasteiger partial charge in [0, 0.05) is 11.6 Å². The van der Waals surface area contributed by atoms with Crippen molar-refractivity contribution in [2.45, 2.75) is 65.1 Å². The SMILES string of the molecule is CC(N)C1CCN(C(C)C(=O)NC(C)(C)C)CC1.Cl. The number of nitrogens with zero attached hydrogens (tertiary/aromatic N) is 1. The number of halogens is 1. The second-order valence-corrected chi connectivity index (χ2v) is 6.65. The van der Waals surface area contributed by atoms with Gasteiger partial charge in [0.05, 0.1) is 6.04 Å². The van der Waals surface area contributed by atoms with Crippen LogP contribution in [0.2, 0.25) is 0 Å². The molecular formula is C14H30ClN3O. The third kappa shape index (κ3) is 6.11. The summed E-state index contributed by atoms with van der Waals surface area (Å²) in [4.78, 5) is 14.4. The lowest BCUT2D eigenvalue weighted by Gasteiger charge is -2.37. The minimum Gasteiger partial charge on any atom is -0.350 e. The Kier molecular flexibility index (Phi) is 7.33. The molecule has 114 valence electrons. The highest BCUT2D eigenvalue weighted by Crippen LogP contribution is 2.21. The van der Waals surface area contributed by atoms with Gasteiger partial charge in [0.2, 0.25) is 5.91 Å². The van der Waals surface area contributed by atoms with Crippen LogP contribution in [0.15, 0.2) is 0 Å². The van der Waals surface area contributed by atoms with Gasteiger partial charge in [-0.05, 0) is 66.5 Å². The fourth-order valence-corrected chi connectivity index (χ4v) is 2.47. The smallest absolute Gasteiger partial charge is 0.237 e. The molecule has 3 N–H and O–H groups in total. The average Bonchev–Trinajstić information content (AvgIpc) is 2.26. The number of rotatable bonds is 3. The molecule has 0 radical (unpaired) electrons. The monoisotopic (exact) mass is 291 g/mol. The maximum absolute atomic E-state index is 12.1. The molecule has 1 fully saturated rings. The van der Waals surface area contributed by atoms with Crippen LogP contribution < -0.4 is 11.1 Å². The molecule has 0 spiro atoms. The molecule has 0 aliphatic carbocycles. The molecule has 0 bridgehead atoms. The topological polar surface area (TPSA) is 58.4 Å². The number of likely N-dealkylation sites (tertiary alicyclic amines) is 1. The number of hydrogen-bond acceptors (Lipinski definition) is 3. The number of nitrogens with two attached hydrogens (primary N) is 1. The van der Waals surface area contributed by atoms with Crippen molar-refractivity contribution in [2.75, 3.05) is 13.1 Å². The first-order valence-electron chi connectivity index (χ1n) is 7.02. The van der Waals surface area contributed by atoms with Crippen LogP contribution in [0.3, 0.4) is 0 Å². The van der Waals surface area contributed by atoms with E-state index in [1.807, 2.05) is 27.7 Å². The van der Waals surface area contributed by atoms with E-state index in [1.165, 1.54) is 0 Å². The molecule has 0 aromatic rings. The average molecular weight is 292 g/mol. The van der Waals surface area contributed by atoms with E-state index in [-0.39, 0.29) is 35.9 Å². The summed E-state index contributed by atoms with van der Waals surface area (Å²) in [5.74, 6) is 0.737. The molecule has 19 heavy (non-hydrogen) atoms. The Morgan fingerprint density at radius 1 is 1.26 bits per heavy atom. The highest BCUT2D eigenvalue weighted by atomic mass is 35.5. The highest BCUT2D eigenvalue weighted by molar-refractivity contribution is 5.85. The van der Waals surface area contributed by atoms with Crippen molar-refractivity contribution >= 4 is 18.3 Å². The zero-order valence-corrected chi connectivity index (χ0v) is 13.7. The van der Waals surface area contributed by atoms with Gasteiger partial charge in [0.1, 0.15) is 0 Å². The number of carbonyl (C=O) groups is 1. The fraction of sp³-hybridized carbons (Fsp3) is 0.929. The van der Waals surface area contributed by atoms with Crippen LogP contribution >= 0.6 is 12.4 Å². The van der Waals surface area contributed by atoms with Crippen LogP contribution in [0.4, 0.5) is 0 Å². The fourth-order valence-electron chi connectivity index (χ4n) is 2.47. The standard InChI is InChI=1S/C14H29N3O.ClH/c1-10(15)12-6-8-17(9-7-12)11(2)13(18)16-14(3,4)5;/h10-12H,6-9,15H2,1-5H3,(H,16,18);1H. The number of hydrogen-bond donors (Lipinski definition) is 2. The second kappa shape index (κ2) is 7.46. The predicted molar refractivity (Wildman–Crippen MR) is 82.6 cm³/mol. The molecule has 2 unspecified atom stereocenters. The highest BCUT2D eigenvalue weighted by Gasteiger charge is 2.29. The Morgan fingerprint density at radius 3 is 2.11 bits per heavy atom. The van der Waals surface area contributed by atoms with Crippen LogP contribution in [0.25, 0.3) is 0 Å². The molecule has 5 heteroatoms. The van der Waals surface area contributed by atoms with E-state index >= 15 is 0 Å². The minimum atomic E-state index is -0.157. The lowest BCUT2D eigenvalue weighted by molar-refractivity contribution is -0.127. The minimum absolute atomic E-state index is 0. The Morgan fingerprint density at radius 2 is 1.74 bits per heavy atom. The summed E-state index contributed by atoms with van der Waals surface area (Å²) in [6.45, 7) is 12.1. The third-order valence-corrected chi connectivity index (χ3v) is 3.74. The number of carbonyl (C=O) groups excluding carboxylic acids is 1. The van der Waals surface area contributed by atoms with Crippen molar-refractivity contribution in [3.8, 4) is 0 Å². The van der Waals surface area contributed by atoms with Gasteiger partial charge >= 0.3 is 0 Å². The van der Waals surface area contributed by atoms with E-state index in [0.717, 1.165) is 25.9 Å². The molecule has 0 aromatic carbocycles. The van der Waals surface area contributed by atoms with Crippen LogP contribution in [-0.4, -0.2) is 41.5 Å². The Hall–Kier alpha value is -0.320. The van der Waals surface area contributed by atoms with E-state index < -0.39 is 0 Å². The summed E-state index contributed by atoms with van der Waals surface area (Å²) in [5.41, 5.74) is 5.78. The van der Waals surface area contributed by atoms with Crippen molar-refractivity contribution in [3.05, 3.63) is 0 Å². The molecule has 0 aromatic heterocycles. The first-order chi connectivity index (χ1) is 8.20. The Labute approximate surface area is 123 Å². The van der Waals surface area contributed by atoms with Crippen molar-refractivity contribution in [2.24, 2.45) is 11.7 Å². The summed E-state index contributed by atoms with van der Waals surface area (Å²) in [6, 6.07) is 0.226. The van der Waals surface area contributed by atoms with Gasteiger partial charge in [-0.15, -0.1) is 12.4 Å². The molecule has 1 amide bonds. The summed E-state index contributed by atoms with van der Waals surface area (Å²) >= 11 is 0. The van der Waals surface area contributed by atoms with E-state index in [4.69, 9.17) is 5.73 Å². The molecule has 1 aliphatic heterocycles. The summed E-state index contributed by atoms with van der Waals surface area (Å²) < 4.78 is 0. The molecule has 1 heterocycles. The first-order valence-corrected chi connectivity index (χ1v) is 7.02. The molecular weight excluding hydrogens is 262 g/mol. The van der Waals surface area contributed by atoms with Gasteiger partial charge in [-0.2, -0.15) is 0 Å². The second-order valence-electron chi connectivity index (χ2n) is 6.65. The normalized spacial score (nSPS) is 21.4. The first kappa shape index (κ1) is 18.7. The van der Waals surface area contributed by atoms with Gasteiger partial charge in [-0.1, -0.05) is 0 Å². The van der Waals surface area contributed by atoms with Crippen LogP contribution in [0, 0.1) is 5.92 Å². The summed E-state index contributed by atoms with van der Waals surface area (Å²) in [5, 5.41) is 3.04. The van der Waals surface area contributed by atoms with Crippen molar-refractivity contribution in [3.63, 3.8) is 0 Å². The van der Waals surface area contributed by atoms with Crippen molar-refractivity contribution in [1.29, 1.82) is 0 Å². The lowest BCUT2D eigenvalue weighted by atomic mass is 9.90. The zero-order valence-electron chi connectivity index (χ0n) is 12.9. The van der Waals surface area contributed by atoms with Gasteiger partial charge < -0.3 is 11.1 Å². The van der Waals surface area contributed by atoms with Crippen LogP contribution in [0.5, 0.6) is 0 Å². The van der Waals surface area contributed by atoms with Crippen molar-refractivity contribution < 1.29 is 4.79 Å². The Balaban J connectivity index is 0.00000324. The molecule has 1 saturated heterocycles. The van der Waals surface area contributed by atoms with Crippen LogP contribution in [0.1, 0.15) is 47.5 Å². The molecule has 0 saturated carbocycles. The number of nitrogens with one attached hydrogen (secondary N) is 1. The molecule has 2 atom stereocenters. The summed E-state index contributed by atoms with van der Waals surface area (Å²) in [6.07, 6.45) is 2.20. The summed E-state index contributed by atoms with van der Waals surface area (Å²) in [7, 11) is 0.